The summed E-state index contributed by atoms with van der Waals surface area (Å²) in [5.41, 5.74) is 0. The molecule has 2 saturated heterocycles. The Hall–Kier alpha value is -1.83. The fourth-order valence-electron chi connectivity index (χ4n) is 4.34. The lowest BCUT2D eigenvalue weighted by molar-refractivity contribution is -0.131. The van der Waals surface area contributed by atoms with Gasteiger partial charge in [0, 0.05) is 58.3 Å². The van der Waals surface area contributed by atoms with Crippen LogP contribution < -0.4 is 10.6 Å². The number of nitrogens with zero attached hydrogens (tertiary/aromatic N) is 3. The maximum Gasteiger partial charge on any atom is 0.317 e. The maximum absolute atomic E-state index is 12.5. The van der Waals surface area contributed by atoms with Crippen molar-refractivity contribution in [3.63, 3.8) is 0 Å². The average Bonchev–Trinajstić information content (AvgIpc) is 3.23. The summed E-state index contributed by atoms with van der Waals surface area (Å²) in [6.45, 7) is 5.07. The van der Waals surface area contributed by atoms with Gasteiger partial charge < -0.3 is 20.4 Å². The Kier molecular flexibility index (Phi) is 6.93. The first-order valence-electron chi connectivity index (χ1n) is 10.3. The van der Waals surface area contributed by atoms with E-state index in [4.69, 9.17) is 0 Å². The Bertz CT molecular complexity index is 533. The van der Waals surface area contributed by atoms with Crippen molar-refractivity contribution in [1.82, 2.24) is 25.3 Å². The van der Waals surface area contributed by atoms with E-state index in [0.29, 0.717) is 19.6 Å². The number of likely N-dealkylation sites (tertiary alicyclic amines) is 1. The molecule has 2 aliphatic heterocycles. The van der Waals surface area contributed by atoms with Gasteiger partial charge in [0.25, 0.3) is 0 Å². The molecule has 0 radical (unpaired) electrons. The molecule has 8 heteroatoms. The smallest absolute Gasteiger partial charge is 0.317 e. The summed E-state index contributed by atoms with van der Waals surface area (Å²) in [6.07, 6.45) is 5.60. The molecular formula is C19H33N5O3. The second-order valence-electron chi connectivity index (χ2n) is 7.96. The molecule has 0 aromatic rings. The van der Waals surface area contributed by atoms with Crippen molar-refractivity contribution < 1.29 is 14.4 Å². The molecule has 152 valence electrons. The van der Waals surface area contributed by atoms with Crippen molar-refractivity contribution in [2.24, 2.45) is 5.92 Å². The number of hydrogen-bond acceptors (Lipinski definition) is 4. The van der Waals surface area contributed by atoms with Crippen molar-refractivity contribution in [2.75, 3.05) is 52.9 Å². The Balaban J connectivity index is 1.35. The van der Waals surface area contributed by atoms with E-state index in [1.165, 1.54) is 0 Å². The Labute approximate surface area is 161 Å². The van der Waals surface area contributed by atoms with Crippen molar-refractivity contribution in [1.29, 1.82) is 0 Å². The van der Waals surface area contributed by atoms with E-state index < -0.39 is 0 Å². The van der Waals surface area contributed by atoms with Gasteiger partial charge in [-0.05, 0) is 38.5 Å². The lowest BCUT2D eigenvalue weighted by Crippen LogP contribution is -2.55. The van der Waals surface area contributed by atoms with Gasteiger partial charge in [0.1, 0.15) is 0 Å². The van der Waals surface area contributed by atoms with Crippen LogP contribution in [0.15, 0.2) is 0 Å². The van der Waals surface area contributed by atoms with Crippen LogP contribution in [-0.4, -0.2) is 91.4 Å². The van der Waals surface area contributed by atoms with Crippen LogP contribution in [0.5, 0.6) is 0 Å². The summed E-state index contributed by atoms with van der Waals surface area (Å²) < 4.78 is 0. The summed E-state index contributed by atoms with van der Waals surface area (Å²) in [4.78, 5) is 42.4. The molecule has 3 aliphatic rings. The standard InChI is InChI=1S/C19H33N5O3/c1-20-18(26)15-4-6-16(7-5-15)21-19(27)24-12-10-22(11-13-24)14-17(25)23-8-2-3-9-23/h15-16H,2-14H2,1H3,(H,20,26)(H,21,27). The molecule has 8 nitrogen and oxygen atoms in total. The van der Waals surface area contributed by atoms with Gasteiger partial charge in [-0.3, -0.25) is 14.5 Å². The molecule has 2 heterocycles. The van der Waals surface area contributed by atoms with Gasteiger partial charge in [0.05, 0.1) is 6.54 Å². The van der Waals surface area contributed by atoms with Crippen molar-refractivity contribution >= 4 is 17.8 Å². The summed E-state index contributed by atoms with van der Waals surface area (Å²) in [6, 6.07) is 0.150. The summed E-state index contributed by atoms with van der Waals surface area (Å²) in [5.74, 6) is 0.414. The normalized spacial score (nSPS) is 26.7. The predicted molar refractivity (Wildman–Crippen MR) is 102 cm³/mol. The van der Waals surface area contributed by atoms with E-state index >= 15 is 0 Å². The van der Waals surface area contributed by atoms with E-state index in [1.807, 2.05) is 9.80 Å². The quantitative estimate of drug-likeness (QED) is 0.733. The number of carbonyl (C=O) groups excluding carboxylic acids is 3. The van der Waals surface area contributed by atoms with Crippen LogP contribution in [0.3, 0.4) is 0 Å². The zero-order chi connectivity index (χ0) is 19.2. The molecule has 0 aromatic heterocycles. The SMILES string of the molecule is CNC(=O)C1CCC(NC(=O)N2CCN(CC(=O)N3CCCC3)CC2)CC1. The highest BCUT2D eigenvalue weighted by molar-refractivity contribution is 5.79. The molecule has 3 rings (SSSR count). The monoisotopic (exact) mass is 379 g/mol. The molecule has 0 bridgehead atoms. The number of urea groups is 1. The van der Waals surface area contributed by atoms with Crippen molar-refractivity contribution in [2.45, 2.75) is 44.6 Å². The van der Waals surface area contributed by atoms with Crippen molar-refractivity contribution in [3.05, 3.63) is 0 Å². The van der Waals surface area contributed by atoms with E-state index in [-0.39, 0.29) is 29.8 Å². The molecule has 1 saturated carbocycles. The number of amides is 4. The van der Waals surface area contributed by atoms with E-state index in [2.05, 4.69) is 15.5 Å². The minimum atomic E-state index is -0.0103. The number of hydrogen-bond donors (Lipinski definition) is 2. The minimum Gasteiger partial charge on any atom is -0.359 e. The van der Waals surface area contributed by atoms with Crippen LogP contribution in [-0.2, 0) is 9.59 Å². The molecule has 4 amide bonds. The number of carbonyl (C=O) groups is 3. The van der Waals surface area contributed by atoms with E-state index in [1.54, 1.807) is 7.05 Å². The van der Waals surface area contributed by atoms with Crippen LogP contribution >= 0.6 is 0 Å². The third kappa shape index (κ3) is 5.34. The minimum absolute atomic E-state index is 0.0103. The lowest BCUT2D eigenvalue weighted by Gasteiger charge is -2.36. The molecular weight excluding hydrogens is 346 g/mol. The molecule has 0 atom stereocenters. The highest BCUT2D eigenvalue weighted by Crippen LogP contribution is 2.24. The third-order valence-electron chi connectivity index (χ3n) is 6.15. The van der Waals surface area contributed by atoms with Gasteiger partial charge in [0.2, 0.25) is 11.8 Å². The average molecular weight is 380 g/mol. The molecule has 27 heavy (non-hydrogen) atoms. The summed E-state index contributed by atoms with van der Waals surface area (Å²) >= 11 is 0. The molecule has 3 fully saturated rings. The first-order valence-corrected chi connectivity index (χ1v) is 10.3. The second-order valence-corrected chi connectivity index (χ2v) is 7.96. The largest absolute Gasteiger partial charge is 0.359 e. The predicted octanol–water partition coefficient (Wildman–Crippen LogP) is 0.241. The molecule has 2 N–H and O–H groups in total. The highest BCUT2D eigenvalue weighted by atomic mass is 16.2. The van der Waals surface area contributed by atoms with Crippen LogP contribution in [0, 0.1) is 5.92 Å². The first-order chi connectivity index (χ1) is 13.1. The fraction of sp³-hybridized carbons (Fsp3) is 0.842. The number of piperazine rings is 1. The Morgan fingerprint density at radius 2 is 1.48 bits per heavy atom. The molecule has 0 unspecified atom stereocenters. The van der Waals surface area contributed by atoms with E-state index in [0.717, 1.165) is 64.7 Å². The maximum atomic E-state index is 12.5. The van der Waals surface area contributed by atoms with Crippen LogP contribution in [0.1, 0.15) is 38.5 Å². The van der Waals surface area contributed by atoms with Gasteiger partial charge >= 0.3 is 6.03 Å². The van der Waals surface area contributed by atoms with Gasteiger partial charge in [-0.25, -0.2) is 4.79 Å². The number of nitrogens with one attached hydrogen (secondary N) is 2. The van der Waals surface area contributed by atoms with Gasteiger partial charge in [0.15, 0.2) is 0 Å². The van der Waals surface area contributed by atoms with Gasteiger partial charge in [-0.2, -0.15) is 0 Å². The highest BCUT2D eigenvalue weighted by Gasteiger charge is 2.29. The van der Waals surface area contributed by atoms with Crippen LogP contribution in [0.4, 0.5) is 4.79 Å². The topological polar surface area (TPSA) is 85.0 Å². The fourth-order valence-corrected chi connectivity index (χ4v) is 4.34. The Morgan fingerprint density at radius 3 is 2.07 bits per heavy atom. The first kappa shape index (κ1) is 19.9. The molecule has 0 aromatic carbocycles. The van der Waals surface area contributed by atoms with Crippen molar-refractivity contribution in [3.8, 4) is 0 Å². The Morgan fingerprint density at radius 1 is 0.852 bits per heavy atom. The summed E-state index contributed by atoms with van der Waals surface area (Å²) in [7, 11) is 1.68. The van der Waals surface area contributed by atoms with Gasteiger partial charge in [-0.1, -0.05) is 0 Å². The van der Waals surface area contributed by atoms with Crippen LogP contribution in [0.2, 0.25) is 0 Å². The molecule has 1 aliphatic carbocycles. The summed E-state index contributed by atoms with van der Waals surface area (Å²) in [5, 5.41) is 5.84. The van der Waals surface area contributed by atoms with E-state index in [9.17, 15) is 14.4 Å². The zero-order valence-electron chi connectivity index (χ0n) is 16.4. The lowest BCUT2D eigenvalue weighted by atomic mass is 9.85. The number of rotatable bonds is 4. The van der Waals surface area contributed by atoms with Gasteiger partial charge in [-0.15, -0.1) is 0 Å². The third-order valence-corrected chi connectivity index (χ3v) is 6.15. The zero-order valence-corrected chi connectivity index (χ0v) is 16.4. The molecule has 0 spiro atoms. The second kappa shape index (κ2) is 9.39. The van der Waals surface area contributed by atoms with Crippen LogP contribution in [0.25, 0.3) is 0 Å².